The van der Waals surface area contributed by atoms with E-state index < -0.39 is 15.9 Å². The quantitative estimate of drug-likeness (QED) is 0.839. The van der Waals surface area contributed by atoms with E-state index in [2.05, 4.69) is 5.32 Å². The molecule has 6 nitrogen and oxygen atoms in total. The molecule has 124 valence electrons. The number of likely N-dealkylation sites (N-methyl/N-ethyl adjacent to an activating group) is 1. The van der Waals surface area contributed by atoms with Crippen molar-refractivity contribution >= 4 is 39.1 Å². The van der Waals surface area contributed by atoms with Crippen molar-refractivity contribution in [2.24, 2.45) is 0 Å². The fourth-order valence-electron chi connectivity index (χ4n) is 1.78. The van der Waals surface area contributed by atoms with Gasteiger partial charge in [0.05, 0.1) is 24.4 Å². The zero-order chi connectivity index (χ0) is 17.0. The minimum Gasteiger partial charge on any atom is -0.467 e. The number of nitrogens with zero attached hydrogens (tertiary/aromatic N) is 1. The van der Waals surface area contributed by atoms with Crippen molar-refractivity contribution in [2.75, 3.05) is 13.6 Å². The number of carbonyl (C=O) groups is 1. The van der Waals surface area contributed by atoms with E-state index in [1.54, 1.807) is 12.1 Å². The molecule has 0 saturated heterocycles. The Kier molecular flexibility index (Phi) is 5.69. The minimum atomic E-state index is -3.93. The Bertz CT molecular complexity index is 791. The number of amides is 1. The number of halogens is 2. The van der Waals surface area contributed by atoms with Crippen molar-refractivity contribution in [3.05, 3.63) is 52.4 Å². The Hall–Kier alpha value is -1.54. The summed E-state index contributed by atoms with van der Waals surface area (Å²) in [5.74, 6) is 0.104. The standard InChI is InChI=1S/C14H14Cl2N2O4S/c1-18(9-14(19)17-8-11-3-2-6-22-11)23(20,21)13-7-10(15)4-5-12(13)16/h2-7H,8-9H2,1H3,(H,17,19). The van der Waals surface area contributed by atoms with Gasteiger partial charge in [0.2, 0.25) is 15.9 Å². The summed E-state index contributed by atoms with van der Waals surface area (Å²) in [6, 6.07) is 7.52. The minimum absolute atomic E-state index is 0.0391. The monoisotopic (exact) mass is 376 g/mol. The van der Waals surface area contributed by atoms with Gasteiger partial charge in [0.15, 0.2) is 0 Å². The topological polar surface area (TPSA) is 79.6 Å². The average molecular weight is 377 g/mol. The third-order valence-corrected chi connectivity index (χ3v) is 5.51. The number of carbonyl (C=O) groups excluding carboxylic acids is 1. The van der Waals surface area contributed by atoms with Gasteiger partial charge in [-0.05, 0) is 30.3 Å². The first kappa shape index (κ1) is 17.8. The molecule has 1 N–H and O–H groups in total. The lowest BCUT2D eigenvalue weighted by atomic mass is 10.4. The molecule has 1 aromatic heterocycles. The van der Waals surface area contributed by atoms with Gasteiger partial charge < -0.3 is 9.73 Å². The first-order valence-electron chi connectivity index (χ1n) is 6.51. The highest BCUT2D eigenvalue weighted by molar-refractivity contribution is 7.89. The Morgan fingerprint density at radius 3 is 2.70 bits per heavy atom. The molecule has 0 aliphatic rings. The molecule has 1 heterocycles. The maximum absolute atomic E-state index is 12.5. The molecule has 1 aromatic carbocycles. The van der Waals surface area contributed by atoms with Crippen molar-refractivity contribution in [1.82, 2.24) is 9.62 Å². The smallest absolute Gasteiger partial charge is 0.244 e. The maximum Gasteiger partial charge on any atom is 0.244 e. The molecule has 0 aliphatic heterocycles. The Morgan fingerprint density at radius 2 is 2.04 bits per heavy atom. The number of hydrogen-bond donors (Lipinski definition) is 1. The van der Waals surface area contributed by atoms with Gasteiger partial charge in [-0.1, -0.05) is 23.2 Å². The highest BCUT2D eigenvalue weighted by atomic mass is 35.5. The van der Waals surface area contributed by atoms with Gasteiger partial charge in [-0.25, -0.2) is 8.42 Å². The van der Waals surface area contributed by atoms with Gasteiger partial charge in [0.25, 0.3) is 0 Å². The van der Waals surface area contributed by atoms with Crippen LogP contribution in [0.1, 0.15) is 5.76 Å². The fourth-order valence-corrected chi connectivity index (χ4v) is 3.64. The number of sulfonamides is 1. The lowest BCUT2D eigenvalue weighted by Gasteiger charge is -2.17. The van der Waals surface area contributed by atoms with Crippen LogP contribution in [0.25, 0.3) is 0 Å². The molecule has 0 spiro atoms. The second-order valence-corrected chi connectivity index (χ2v) is 7.55. The number of rotatable bonds is 6. The van der Waals surface area contributed by atoms with E-state index in [4.69, 9.17) is 27.6 Å². The van der Waals surface area contributed by atoms with Gasteiger partial charge in [-0.2, -0.15) is 4.31 Å². The molecule has 9 heteroatoms. The van der Waals surface area contributed by atoms with E-state index in [0.29, 0.717) is 5.76 Å². The molecule has 0 saturated carbocycles. The van der Waals surface area contributed by atoms with E-state index in [1.165, 1.54) is 31.5 Å². The number of hydrogen-bond acceptors (Lipinski definition) is 4. The van der Waals surface area contributed by atoms with Gasteiger partial charge in [-0.15, -0.1) is 0 Å². The van der Waals surface area contributed by atoms with E-state index in [1.807, 2.05) is 0 Å². The van der Waals surface area contributed by atoms with E-state index in [-0.39, 0.29) is 28.0 Å². The van der Waals surface area contributed by atoms with Crippen molar-refractivity contribution in [3.8, 4) is 0 Å². The van der Waals surface area contributed by atoms with E-state index in [0.717, 1.165) is 4.31 Å². The summed E-state index contributed by atoms with van der Waals surface area (Å²) in [6.45, 7) is -0.177. The zero-order valence-corrected chi connectivity index (χ0v) is 14.5. The molecule has 2 rings (SSSR count). The molecule has 2 aromatic rings. The molecular formula is C14H14Cl2N2O4S. The number of nitrogens with one attached hydrogen (secondary N) is 1. The Labute approximate surface area is 144 Å². The zero-order valence-electron chi connectivity index (χ0n) is 12.1. The second-order valence-electron chi connectivity index (χ2n) is 4.69. The molecule has 0 unspecified atom stereocenters. The Balaban J connectivity index is 2.05. The summed E-state index contributed by atoms with van der Waals surface area (Å²) in [5.41, 5.74) is 0. The Morgan fingerprint density at radius 1 is 1.30 bits per heavy atom. The molecule has 0 radical (unpaired) electrons. The molecule has 0 atom stereocenters. The highest BCUT2D eigenvalue weighted by Gasteiger charge is 2.25. The van der Waals surface area contributed by atoms with Crippen LogP contribution in [0, 0.1) is 0 Å². The first-order chi connectivity index (χ1) is 10.8. The van der Waals surface area contributed by atoms with Crippen LogP contribution in [-0.4, -0.2) is 32.2 Å². The van der Waals surface area contributed by atoms with Crippen LogP contribution in [0.3, 0.4) is 0 Å². The van der Waals surface area contributed by atoms with Crippen molar-refractivity contribution < 1.29 is 17.6 Å². The molecule has 0 bridgehead atoms. The summed E-state index contributed by atoms with van der Waals surface area (Å²) in [4.78, 5) is 11.7. The third-order valence-electron chi connectivity index (χ3n) is 2.99. The van der Waals surface area contributed by atoms with Crippen LogP contribution in [0.15, 0.2) is 45.9 Å². The lowest BCUT2D eigenvalue weighted by molar-refractivity contribution is -0.121. The summed E-state index contributed by atoms with van der Waals surface area (Å²) in [5, 5.41) is 2.85. The molecular weight excluding hydrogens is 363 g/mol. The van der Waals surface area contributed by atoms with Crippen molar-refractivity contribution in [1.29, 1.82) is 0 Å². The van der Waals surface area contributed by atoms with E-state index in [9.17, 15) is 13.2 Å². The van der Waals surface area contributed by atoms with Crippen LogP contribution in [0.5, 0.6) is 0 Å². The molecule has 0 aliphatic carbocycles. The van der Waals surface area contributed by atoms with E-state index >= 15 is 0 Å². The summed E-state index contributed by atoms with van der Waals surface area (Å²) < 4.78 is 30.9. The summed E-state index contributed by atoms with van der Waals surface area (Å²) in [6.07, 6.45) is 1.49. The van der Waals surface area contributed by atoms with Gasteiger partial charge >= 0.3 is 0 Å². The SMILES string of the molecule is CN(CC(=O)NCc1ccco1)S(=O)(=O)c1cc(Cl)ccc1Cl. The molecule has 1 amide bonds. The first-order valence-corrected chi connectivity index (χ1v) is 8.71. The average Bonchev–Trinajstić information content (AvgIpc) is 3.00. The van der Waals surface area contributed by atoms with Crippen molar-refractivity contribution in [3.63, 3.8) is 0 Å². The van der Waals surface area contributed by atoms with Crippen LogP contribution in [0.2, 0.25) is 10.0 Å². The molecule has 0 fully saturated rings. The summed E-state index contributed by atoms with van der Waals surface area (Å²) in [7, 11) is -2.64. The highest BCUT2D eigenvalue weighted by Crippen LogP contribution is 2.27. The molecule has 23 heavy (non-hydrogen) atoms. The van der Waals surface area contributed by atoms with Crippen LogP contribution >= 0.6 is 23.2 Å². The summed E-state index contributed by atoms with van der Waals surface area (Å²) >= 11 is 11.7. The lowest BCUT2D eigenvalue weighted by Crippen LogP contribution is -2.38. The van der Waals surface area contributed by atoms with Crippen molar-refractivity contribution in [2.45, 2.75) is 11.4 Å². The second kappa shape index (κ2) is 7.35. The largest absolute Gasteiger partial charge is 0.467 e. The van der Waals surface area contributed by atoms with Gasteiger partial charge in [0, 0.05) is 12.1 Å². The predicted molar refractivity (Wildman–Crippen MR) is 86.8 cm³/mol. The van der Waals surface area contributed by atoms with Crippen LogP contribution < -0.4 is 5.32 Å². The van der Waals surface area contributed by atoms with Crippen LogP contribution in [0.4, 0.5) is 0 Å². The number of benzene rings is 1. The van der Waals surface area contributed by atoms with Crippen LogP contribution in [-0.2, 0) is 21.4 Å². The number of furan rings is 1. The third kappa shape index (κ3) is 4.48. The van der Waals surface area contributed by atoms with Gasteiger partial charge in [0.1, 0.15) is 10.7 Å². The normalized spacial score (nSPS) is 11.7. The fraction of sp³-hybridized carbons (Fsp3) is 0.214. The predicted octanol–water partition coefficient (Wildman–Crippen LogP) is 2.52. The van der Waals surface area contributed by atoms with Gasteiger partial charge in [-0.3, -0.25) is 4.79 Å². The maximum atomic E-state index is 12.5.